The molecule has 0 saturated heterocycles. The molecule has 0 radical (unpaired) electrons. The van der Waals surface area contributed by atoms with Crippen molar-refractivity contribution in [1.29, 1.82) is 0 Å². The second-order valence-electron chi connectivity index (χ2n) is 3.78. The van der Waals surface area contributed by atoms with E-state index in [1.165, 1.54) is 5.46 Å². The molecule has 1 nitrogen and oxygen atoms in total. The van der Waals surface area contributed by atoms with Gasteiger partial charge in [0.15, 0.2) is 0 Å². The Morgan fingerprint density at radius 2 is 1.60 bits per heavy atom. The summed E-state index contributed by atoms with van der Waals surface area (Å²) in [7, 11) is 0. The van der Waals surface area contributed by atoms with E-state index in [1.54, 1.807) is 0 Å². The first kappa shape index (κ1) is 12.6. The maximum absolute atomic E-state index is 6.46. The zero-order valence-corrected chi connectivity index (χ0v) is 10.4. The number of rotatable bonds is 6. The SMILES string of the molecule is CCCN(CCC)B(Cl)c1ccccc1. The van der Waals surface area contributed by atoms with Gasteiger partial charge < -0.3 is 4.81 Å². The van der Waals surface area contributed by atoms with Crippen molar-refractivity contribution < 1.29 is 0 Å². The molecule has 0 heterocycles. The molecule has 0 saturated carbocycles. The van der Waals surface area contributed by atoms with Gasteiger partial charge in [0, 0.05) is 0 Å². The number of nitrogens with zero attached hydrogens (tertiary/aromatic N) is 1. The van der Waals surface area contributed by atoms with Crippen molar-refractivity contribution in [2.75, 3.05) is 13.1 Å². The van der Waals surface area contributed by atoms with Crippen molar-refractivity contribution in [1.82, 2.24) is 4.81 Å². The fourth-order valence-electron chi connectivity index (χ4n) is 1.74. The minimum atomic E-state index is 0.0195. The topological polar surface area (TPSA) is 3.24 Å². The first-order valence-corrected chi connectivity index (χ1v) is 6.16. The van der Waals surface area contributed by atoms with E-state index >= 15 is 0 Å². The summed E-state index contributed by atoms with van der Waals surface area (Å²) in [6.45, 7) is 6.52. The summed E-state index contributed by atoms with van der Waals surface area (Å²) in [6, 6.07) is 10.3. The van der Waals surface area contributed by atoms with Crippen LogP contribution in [-0.2, 0) is 0 Å². The van der Waals surface area contributed by atoms with Gasteiger partial charge in [0.1, 0.15) is 0 Å². The summed E-state index contributed by atoms with van der Waals surface area (Å²) in [5, 5.41) is 0. The highest BCUT2D eigenvalue weighted by Gasteiger charge is 2.21. The summed E-state index contributed by atoms with van der Waals surface area (Å²) in [5.74, 6) is 0. The Hall–Kier alpha value is -0.465. The molecule has 0 amide bonds. The van der Waals surface area contributed by atoms with E-state index in [2.05, 4.69) is 30.8 Å². The second-order valence-corrected chi connectivity index (χ2v) is 4.20. The Kier molecular flexibility index (Phi) is 5.81. The molecule has 0 aliphatic rings. The van der Waals surface area contributed by atoms with Crippen LogP contribution >= 0.6 is 11.5 Å². The van der Waals surface area contributed by atoms with E-state index in [1.807, 2.05) is 18.2 Å². The van der Waals surface area contributed by atoms with Gasteiger partial charge in [0.25, 0.3) is 0 Å². The van der Waals surface area contributed by atoms with Crippen LogP contribution in [0.2, 0.25) is 0 Å². The molecule has 82 valence electrons. The smallest absolute Gasteiger partial charge is 0.325 e. The summed E-state index contributed by atoms with van der Waals surface area (Å²) in [4.78, 5) is 2.33. The molecule has 0 atom stereocenters. The lowest BCUT2D eigenvalue weighted by molar-refractivity contribution is 0.441. The molecule has 0 N–H and O–H groups in total. The Morgan fingerprint density at radius 3 is 2.07 bits per heavy atom. The van der Waals surface area contributed by atoms with Crippen molar-refractivity contribution in [3.05, 3.63) is 30.3 Å². The third-order valence-corrected chi connectivity index (χ3v) is 2.94. The van der Waals surface area contributed by atoms with Gasteiger partial charge in [-0.3, -0.25) is 0 Å². The molecule has 15 heavy (non-hydrogen) atoms. The number of halogens is 1. The third-order valence-electron chi connectivity index (χ3n) is 2.42. The number of benzene rings is 1. The molecule has 0 aliphatic heterocycles. The fourth-order valence-corrected chi connectivity index (χ4v) is 2.08. The fraction of sp³-hybridized carbons (Fsp3) is 0.500. The van der Waals surface area contributed by atoms with Gasteiger partial charge in [-0.25, -0.2) is 0 Å². The van der Waals surface area contributed by atoms with Crippen molar-refractivity contribution in [3.63, 3.8) is 0 Å². The van der Waals surface area contributed by atoms with E-state index in [0.717, 1.165) is 25.9 Å². The van der Waals surface area contributed by atoms with Gasteiger partial charge >= 0.3 is 6.26 Å². The lowest BCUT2D eigenvalue weighted by Crippen LogP contribution is -2.45. The van der Waals surface area contributed by atoms with Crippen LogP contribution in [0.5, 0.6) is 0 Å². The molecular formula is C12H19BClN. The minimum Gasteiger partial charge on any atom is -0.325 e. The van der Waals surface area contributed by atoms with Crippen LogP contribution in [0.4, 0.5) is 0 Å². The van der Waals surface area contributed by atoms with Crippen molar-refractivity contribution in [3.8, 4) is 0 Å². The van der Waals surface area contributed by atoms with Crippen molar-refractivity contribution in [2.45, 2.75) is 26.7 Å². The van der Waals surface area contributed by atoms with Gasteiger partial charge in [-0.1, -0.05) is 44.2 Å². The summed E-state index contributed by atoms with van der Waals surface area (Å²) in [5.41, 5.74) is 1.20. The van der Waals surface area contributed by atoms with E-state index in [0.29, 0.717) is 0 Å². The van der Waals surface area contributed by atoms with E-state index in [4.69, 9.17) is 11.5 Å². The maximum atomic E-state index is 6.46. The quantitative estimate of drug-likeness (QED) is 0.671. The van der Waals surface area contributed by atoms with Crippen LogP contribution in [0.3, 0.4) is 0 Å². The highest BCUT2D eigenvalue weighted by atomic mass is 35.5. The Balaban J connectivity index is 2.67. The predicted octanol–water partition coefficient (Wildman–Crippen LogP) is 2.74. The molecule has 1 rings (SSSR count). The van der Waals surface area contributed by atoms with Gasteiger partial charge in [-0.15, -0.1) is 0 Å². The first-order valence-electron chi connectivity index (χ1n) is 5.72. The number of hydrogen-bond donors (Lipinski definition) is 0. The van der Waals surface area contributed by atoms with Gasteiger partial charge in [0.05, 0.1) is 0 Å². The lowest BCUT2D eigenvalue weighted by atomic mass is 9.78. The summed E-state index contributed by atoms with van der Waals surface area (Å²) >= 11 is 6.46. The van der Waals surface area contributed by atoms with Crippen LogP contribution in [-0.4, -0.2) is 24.2 Å². The maximum Gasteiger partial charge on any atom is 0.364 e. The average Bonchev–Trinajstić information content (AvgIpc) is 2.29. The van der Waals surface area contributed by atoms with Gasteiger partial charge in [-0.2, -0.15) is 11.5 Å². The van der Waals surface area contributed by atoms with Gasteiger partial charge in [-0.05, 0) is 31.4 Å². The van der Waals surface area contributed by atoms with E-state index in [-0.39, 0.29) is 6.26 Å². The van der Waals surface area contributed by atoms with E-state index < -0.39 is 0 Å². The molecule has 0 fully saturated rings. The molecular weight excluding hydrogens is 204 g/mol. The minimum absolute atomic E-state index is 0.0195. The molecule has 1 aromatic rings. The highest BCUT2D eigenvalue weighted by molar-refractivity contribution is 7.12. The molecule has 0 unspecified atom stereocenters. The Morgan fingerprint density at radius 1 is 1.07 bits per heavy atom. The molecule has 0 bridgehead atoms. The monoisotopic (exact) mass is 223 g/mol. The zero-order valence-electron chi connectivity index (χ0n) is 9.62. The molecule has 3 heteroatoms. The van der Waals surface area contributed by atoms with Gasteiger partial charge in [0.2, 0.25) is 0 Å². The zero-order chi connectivity index (χ0) is 11.1. The highest BCUT2D eigenvalue weighted by Crippen LogP contribution is 2.03. The Labute approximate surface area is 98.4 Å². The standard InChI is InChI=1S/C12H19BClN/c1-3-10-15(11-4-2)13(14)12-8-6-5-7-9-12/h5-9H,3-4,10-11H2,1-2H3. The third kappa shape index (κ3) is 3.88. The molecule has 0 aromatic heterocycles. The predicted molar refractivity (Wildman–Crippen MR) is 69.8 cm³/mol. The lowest BCUT2D eigenvalue weighted by Gasteiger charge is -2.24. The normalized spacial score (nSPS) is 10.7. The second kappa shape index (κ2) is 6.92. The molecule has 1 aromatic carbocycles. The summed E-state index contributed by atoms with van der Waals surface area (Å²) < 4.78 is 0. The van der Waals surface area contributed by atoms with E-state index in [9.17, 15) is 0 Å². The van der Waals surface area contributed by atoms with Crippen LogP contribution in [0.15, 0.2) is 30.3 Å². The Bertz CT molecular complexity index is 260. The average molecular weight is 224 g/mol. The molecule has 0 aliphatic carbocycles. The van der Waals surface area contributed by atoms with Crippen LogP contribution in [0, 0.1) is 0 Å². The first-order chi connectivity index (χ1) is 7.29. The van der Waals surface area contributed by atoms with Crippen molar-refractivity contribution in [2.24, 2.45) is 0 Å². The van der Waals surface area contributed by atoms with Crippen LogP contribution in [0.1, 0.15) is 26.7 Å². The number of hydrogen-bond acceptors (Lipinski definition) is 1. The van der Waals surface area contributed by atoms with Crippen molar-refractivity contribution >= 4 is 23.2 Å². The van der Waals surface area contributed by atoms with Crippen LogP contribution in [0.25, 0.3) is 0 Å². The largest absolute Gasteiger partial charge is 0.364 e. The molecule has 0 spiro atoms. The summed E-state index contributed by atoms with van der Waals surface area (Å²) in [6.07, 6.45) is 2.32. The van der Waals surface area contributed by atoms with Crippen LogP contribution < -0.4 is 5.46 Å².